The summed E-state index contributed by atoms with van der Waals surface area (Å²) < 4.78 is 5.15. The number of rotatable bonds is 3. The highest BCUT2D eigenvalue weighted by molar-refractivity contribution is 6.22. The van der Waals surface area contributed by atoms with Gasteiger partial charge < -0.3 is 4.74 Å². The highest BCUT2D eigenvalue weighted by atomic mass is 35.5. The average molecular weight is 265 g/mol. The maximum Gasteiger partial charge on any atom is 0.313 e. The monoisotopic (exact) mass is 264 g/mol. The summed E-state index contributed by atoms with van der Waals surface area (Å²) >= 11 is 6.18. The average Bonchev–Trinajstić information content (AvgIpc) is 2.40. The topological polar surface area (TPSA) is 26.3 Å². The van der Waals surface area contributed by atoms with E-state index in [-0.39, 0.29) is 17.3 Å². The maximum absolute atomic E-state index is 12.0. The quantitative estimate of drug-likeness (QED) is 0.615. The Labute approximate surface area is 113 Å². The molecule has 3 heteroatoms. The van der Waals surface area contributed by atoms with Gasteiger partial charge in [-0.25, -0.2) is 0 Å². The third kappa shape index (κ3) is 2.94. The summed E-state index contributed by atoms with van der Waals surface area (Å²) in [5, 5.41) is 0.00545. The molecule has 0 bridgehead atoms. The molecule has 0 aliphatic heterocycles. The van der Waals surface area contributed by atoms with E-state index in [1.54, 1.807) is 0 Å². The summed E-state index contributed by atoms with van der Waals surface area (Å²) in [6, 6.07) is 9.91. The van der Waals surface area contributed by atoms with Gasteiger partial charge in [0.2, 0.25) is 0 Å². The van der Waals surface area contributed by atoms with Gasteiger partial charge in [0.25, 0.3) is 0 Å². The van der Waals surface area contributed by atoms with Crippen LogP contribution in [0.3, 0.4) is 0 Å². The Balaban J connectivity index is 2.30. The molecule has 1 aromatic rings. The van der Waals surface area contributed by atoms with Gasteiger partial charge >= 0.3 is 5.97 Å². The number of hydrogen-bond donors (Lipinski definition) is 0. The van der Waals surface area contributed by atoms with Crippen LogP contribution in [0.15, 0.2) is 36.4 Å². The van der Waals surface area contributed by atoms with Gasteiger partial charge in [-0.3, -0.25) is 4.79 Å². The summed E-state index contributed by atoms with van der Waals surface area (Å²) in [6.45, 7) is 2.25. The molecule has 0 spiro atoms. The van der Waals surface area contributed by atoms with Crippen molar-refractivity contribution in [1.82, 2.24) is 0 Å². The van der Waals surface area contributed by atoms with Gasteiger partial charge in [-0.15, -0.1) is 11.6 Å². The van der Waals surface area contributed by atoms with E-state index in [0.717, 1.165) is 24.0 Å². The van der Waals surface area contributed by atoms with Crippen LogP contribution in [0.2, 0.25) is 0 Å². The summed E-state index contributed by atoms with van der Waals surface area (Å²) in [5.41, 5.74) is 2.06. The number of ether oxygens (including phenoxy) is 1. The van der Waals surface area contributed by atoms with Gasteiger partial charge in [0.15, 0.2) is 0 Å². The number of carbonyl (C=O) groups excluding carboxylic acids is 1. The second kappa shape index (κ2) is 6.05. The number of esters is 1. The first-order valence-corrected chi connectivity index (χ1v) is 6.74. The zero-order chi connectivity index (χ0) is 13.0. The molecule has 2 nitrogen and oxygen atoms in total. The molecule has 0 fully saturated rings. The molecule has 1 aliphatic rings. The fourth-order valence-corrected chi connectivity index (χ4v) is 2.55. The van der Waals surface area contributed by atoms with Gasteiger partial charge in [0.05, 0.1) is 17.9 Å². The predicted molar refractivity (Wildman–Crippen MR) is 73.4 cm³/mol. The van der Waals surface area contributed by atoms with Crippen LogP contribution in [0.1, 0.15) is 25.3 Å². The van der Waals surface area contributed by atoms with Crippen molar-refractivity contribution in [3.8, 4) is 0 Å². The van der Waals surface area contributed by atoms with Crippen molar-refractivity contribution < 1.29 is 9.53 Å². The van der Waals surface area contributed by atoms with E-state index in [1.165, 1.54) is 0 Å². The second-order valence-corrected chi connectivity index (χ2v) is 4.95. The van der Waals surface area contributed by atoms with Crippen molar-refractivity contribution in [3.05, 3.63) is 42.0 Å². The Morgan fingerprint density at radius 3 is 2.72 bits per heavy atom. The van der Waals surface area contributed by atoms with Crippen LogP contribution in [0, 0.1) is 5.92 Å². The molecule has 2 unspecified atom stereocenters. The van der Waals surface area contributed by atoms with E-state index in [1.807, 2.05) is 43.3 Å². The summed E-state index contributed by atoms with van der Waals surface area (Å²) in [5.74, 6) is -0.321. The Hall–Kier alpha value is -1.28. The standard InChI is InChI=1S/C15H17ClO2/c1-2-18-15(17)13-9-8-12(16)10-14(13)11-6-4-3-5-7-11/h3-7,10,12-13H,2,8-9H2,1H3. The van der Waals surface area contributed by atoms with Crippen LogP contribution < -0.4 is 0 Å². The van der Waals surface area contributed by atoms with Crippen LogP contribution in [0.4, 0.5) is 0 Å². The van der Waals surface area contributed by atoms with E-state index in [4.69, 9.17) is 16.3 Å². The van der Waals surface area contributed by atoms with Crippen LogP contribution in [-0.2, 0) is 9.53 Å². The highest BCUT2D eigenvalue weighted by Gasteiger charge is 2.29. The Morgan fingerprint density at radius 2 is 2.06 bits per heavy atom. The van der Waals surface area contributed by atoms with E-state index in [2.05, 4.69) is 0 Å². The van der Waals surface area contributed by atoms with Crippen LogP contribution in [-0.4, -0.2) is 18.0 Å². The second-order valence-electron chi connectivity index (χ2n) is 4.39. The van der Waals surface area contributed by atoms with Gasteiger partial charge in [-0.2, -0.15) is 0 Å². The fourth-order valence-electron chi connectivity index (χ4n) is 2.29. The molecule has 2 rings (SSSR count). The Morgan fingerprint density at radius 1 is 1.33 bits per heavy atom. The van der Waals surface area contributed by atoms with Gasteiger partial charge in [-0.1, -0.05) is 36.4 Å². The van der Waals surface area contributed by atoms with Crippen molar-refractivity contribution in [3.63, 3.8) is 0 Å². The molecular formula is C15H17ClO2. The van der Waals surface area contributed by atoms with E-state index < -0.39 is 0 Å². The molecule has 0 aromatic heterocycles. The molecule has 2 atom stereocenters. The van der Waals surface area contributed by atoms with E-state index >= 15 is 0 Å². The molecule has 1 aliphatic carbocycles. The summed E-state index contributed by atoms with van der Waals surface area (Å²) in [4.78, 5) is 12.0. The minimum absolute atomic E-state index is 0.00545. The van der Waals surface area contributed by atoms with E-state index in [0.29, 0.717) is 6.61 Å². The summed E-state index contributed by atoms with van der Waals surface area (Å²) in [7, 11) is 0. The molecule has 18 heavy (non-hydrogen) atoms. The fraction of sp³-hybridized carbons (Fsp3) is 0.400. The van der Waals surface area contributed by atoms with Gasteiger partial charge in [0.1, 0.15) is 0 Å². The lowest BCUT2D eigenvalue weighted by Gasteiger charge is -2.25. The van der Waals surface area contributed by atoms with E-state index in [9.17, 15) is 4.79 Å². The van der Waals surface area contributed by atoms with Crippen LogP contribution >= 0.6 is 11.6 Å². The highest BCUT2D eigenvalue weighted by Crippen LogP contribution is 2.35. The first-order valence-electron chi connectivity index (χ1n) is 6.30. The van der Waals surface area contributed by atoms with Gasteiger partial charge in [0, 0.05) is 0 Å². The molecule has 0 saturated heterocycles. The molecule has 0 radical (unpaired) electrons. The van der Waals surface area contributed by atoms with Crippen LogP contribution in [0.5, 0.6) is 0 Å². The lowest BCUT2D eigenvalue weighted by molar-refractivity contribution is -0.146. The van der Waals surface area contributed by atoms with Crippen molar-refractivity contribution in [2.75, 3.05) is 6.61 Å². The Bertz CT molecular complexity index is 439. The largest absolute Gasteiger partial charge is 0.466 e. The molecular weight excluding hydrogens is 248 g/mol. The first kappa shape index (κ1) is 13.2. The number of halogens is 1. The zero-order valence-corrected chi connectivity index (χ0v) is 11.2. The molecule has 0 N–H and O–H groups in total. The van der Waals surface area contributed by atoms with Crippen molar-refractivity contribution >= 4 is 23.1 Å². The molecule has 0 saturated carbocycles. The number of carbonyl (C=O) groups is 1. The smallest absolute Gasteiger partial charge is 0.313 e. The predicted octanol–water partition coefficient (Wildman–Crippen LogP) is 3.65. The minimum atomic E-state index is -0.178. The first-order chi connectivity index (χ1) is 8.72. The Kier molecular flexibility index (Phi) is 4.43. The number of benzene rings is 1. The molecule has 96 valence electrons. The lowest BCUT2D eigenvalue weighted by Crippen LogP contribution is -2.24. The number of alkyl halides is 1. The normalized spacial score (nSPS) is 23.3. The van der Waals surface area contributed by atoms with Crippen molar-refractivity contribution in [1.29, 1.82) is 0 Å². The maximum atomic E-state index is 12.0. The molecule has 0 amide bonds. The zero-order valence-electron chi connectivity index (χ0n) is 10.4. The van der Waals surface area contributed by atoms with Crippen LogP contribution in [0.25, 0.3) is 5.57 Å². The minimum Gasteiger partial charge on any atom is -0.466 e. The SMILES string of the molecule is CCOC(=O)C1CCC(Cl)C=C1c1ccccc1. The number of hydrogen-bond acceptors (Lipinski definition) is 2. The molecule has 0 heterocycles. The summed E-state index contributed by atoms with van der Waals surface area (Å²) in [6.07, 6.45) is 3.57. The van der Waals surface area contributed by atoms with Crippen molar-refractivity contribution in [2.24, 2.45) is 5.92 Å². The van der Waals surface area contributed by atoms with Crippen molar-refractivity contribution in [2.45, 2.75) is 25.1 Å². The number of allylic oxidation sites excluding steroid dienone is 1. The lowest BCUT2D eigenvalue weighted by atomic mass is 9.83. The third-order valence-electron chi connectivity index (χ3n) is 3.15. The van der Waals surface area contributed by atoms with Gasteiger partial charge in [-0.05, 0) is 30.9 Å². The molecule has 1 aromatic carbocycles. The third-order valence-corrected chi connectivity index (χ3v) is 3.49.